The summed E-state index contributed by atoms with van der Waals surface area (Å²) in [5.74, 6) is -1.02. The molecule has 1 heterocycles. The van der Waals surface area contributed by atoms with Gasteiger partial charge < -0.3 is 10.4 Å². The average Bonchev–Trinajstić information content (AvgIpc) is 2.77. The number of carboxylic acids is 1. The van der Waals surface area contributed by atoms with Gasteiger partial charge in [0.25, 0.3) is 0 Å². The van der Waals surface area contributed by atoms with Gasteiger partial charge in [-0.05, 0) is 24.6 Å². The number of benzene rings is 1. The Bertz CT molecular complexity index is 571. The third kappa shape index (κ3) is 3.00. The van der Waals surface area contributed by atoms with Crippen LogP contribution in [0, 0.1) is 0 Å². The quantitative estimate of drug-likeness (QED) is 0.898. The molecule has 0 radical (unpaired) electrons. The van der Waals surface area contributed by atoms with Crippen LogP contribution in [-0.2, 0) is 0 Å². The van der Waals surface area contributed by atoms with Crippen LogP contribution < -0.4 is 5.32 Å². The molecule has 1 aromatic carbocycles. The molecule has 6 heteroatoms. The molecular formula is C12H11ClN2O2S. The SMILES string of the molecule is CC(Nc1nc(C(=O)O)cs1)c1cccc(Cl)c1. The Morgan fingerprint density at radius 2 is 2.33 bits per heavy atom. The van der Waals surface area contributed by atoms with Gasteiger partial charge in [0.05, 0.1) is 6.04 Å². The zero-order valence-corrected chi connectivity index (χ0v) is 11.1. The molecule has 0 aliphatic heterocycles. The Kier molecular flexibility index (Phi) is 3.84. The smallest absolute Gasteiger partial charge is 0.355 e. The van der Waals surface area contributed by atoms with Gasteiger partial charge in [-0.15, -0.1) is 11.3 Å². The number of halogens is 1. The van der Waals surface area contributed by atoms with Crippen molar-refractivity contribution in [2.24, 2.45) is 0 Å². The maximum absolute atomic E-state index is 10.7. The second kappa shape index (κ2) is 5.37. The van der Waals surface area contributed by atoms with Crippen molar-refractivity contribution < 1.29 is 9.90 Å². The molecule has 1 unspecified atom stereocenters. The van der Waals surface area contributed by atoms with Crippen LogP contribution in [0.2, 0.25) is 5.02 Å². The van der Waals surface area contributed by atoms with E-state index >= 15 is 0 Å². The highest BCUT2D eigenvalue weighted by atomic mass is 35.5. The van der Waals surface area contributed by atoms with Gasteiger partial charge in [-0.1, -0.05) is 23.7 Å². The van der Waals surface area contributed by atoms with E-state index in [-0.39, 0.29) is 11.7 Å². The zero-order chi connectivity index (χ0) is 13.1. The van der Waals surface area contributed by atoms with Crippen molar-refractivity contribution in [2.75, 3.05) is 5.32 Å². The van der Waals surface area contributed by atoms with E-state index in [0.29, 0.717) is 10.2 Å². The van der Waals surface area contributed by atoms with Gasteiger partial charge in [0, 0.05) is 10.4 Å². The molecule has 0 saturated carbocycles. The Morgan fingerprint density at radius 3 is 2.94 bits per heavy atom. The summed E-state index contributed by atoms with van der Waals surface area (Å²) in [7, 11) is 0. The van der Waals surface area contributed by atoms with Crippen LogP contribution in [0.1, 0.15) is 29.0 Å². The first-order chi connectivity index (χ1) is 8.56. The van der Waals surface area contributed by atoms with Gasteiger partial charge >= 0.3 is 5.97 Å². The van der Waals surface area contributed by atoms with Crippen molar-refractivity contribution in [2.45, 2.75) is 13.0 Å². The Morgan fingerprint density at radius 1 is 1.56 bits per heavy atom. The normalized spacial score (nSPS) is 12.1. The molecule has 18 heavy (non-hydrogen) atoms. The first-order valence-corrected chi connectivity index (χ1v) is 6.53. The summed E-state index contributed by atoms with van der Waals surface area (Å²) in [6.45, 7) is 1.97. The summed E-state index contributed by atoms with van der Waals surface area (Å²) >= 11 is 7.19. The van der Waals surface area contributed by atoms with E-state index in [1.54, 1.807) is 0 Å². The van der Waals surface area contributed by atoms with Gasteiger partial charge in [-0.2, -0.15) is 0 Å². The van der Waals surface area contributed by atoms with E-state index in [1.165, 1.54) is 16.7 Å². The van der Waals surface area contributed by atoms with Crippen LogP contribution in [0.3, 0.4) is 0 Å². The first-order valence-electron chi connectivity index (χ1n) is 5.27. The summed E-state index contributed by atoms with van der Waals surface area (Å²) in [6.07, 6.45) is 0. The van der Waals surface area contributed by atoms with Gasteiger partial charge in [-0.25, -0.2) is 9.78 Å². The number of rotatable bonds is 4. The lowest BCUT2D eigenvalue weighted by atomic mass is 10.1. The van der Waals surface area contributed by atoms with Crippen molar-refractivity contribution in [3.05, 3.63) is 45.9 Å². The van der Waals surface area contributed by atoms with Crippen molar-refractivity contribution in [3.8, 4) is 0 Å². The topological polar surface area (TPSA) is 62.2 Å². The number of hydrogen-bond donors (Lipinski definition) is 2. The standard InChI is InChI=1S/C12H11ClN2O2S/c1-7(8-3-2-4-9(13)5-8)14-12-15-10(6-18-12)11(16)17/h2-7H,1H3,(H,14,15)(H,16,17). The third-order valence-corrected chi connectivity index (χ3v) is 3.42. The Labute approximate surface area is 113 Å². The van der Waals surface area contributed by atoms with E-state index in [4.69, 9.17) is 16.7 Å². The lowest BCUT2D eigenvalue weighted by molar-refractivity contribution is 0.0691. The Hall–Kier alpha value is -1.59. The lowest BCUT2D eigenvalue weighted by Gasteiger charge is -2.13. The molecular weight excluding hydrogens is 272 g/mol. The summed E-state index contributed by atoms with van der Waals surface area (Å²) in [5, 5.41) is 14.7. The van der Waals surface area contributed by atoms with E-state index in [9.17, 15) is 4.79 Å². The highest BCUT2D eigenvalue weighted by Crippen LogP contribution is 2.24. The zero-order valence-electron chi connectivity index (χ0n) is 9.55. The predicted molar refractivity (Wildman–Crippen MR) is 72.6 cm³/mol. The van der Waals surface area contributed by atoms with Gasteiger partial charge in [0.1, 0.15) is 0 Å². The molecule has 2 N–H and O–H groups in total. The minimum absolute atomic E-state index is 0.0106. The van der Waals surface area contributed by atoms with Crippen LogP contribution in [-0.4, -0.2) is 16.1 Å². The summed E-state index contributed by atoms with van der Waals surface area (Å²) < 4.78 is 0. The molecule has 0 spiro atoms. The number of aromatic nitrogens is 1. The molecule has 2 rings (SSSR count). The highest BCUT2D eigenvalue weighted by molar-refractivity contribution is 7.13. The number of anilines is 1. The molecule has 0 amide bonds. The van der Waals surface area contributed by atoms with E-state index in [1.807, 2.05) is 31.2 Å². The van der Waals surface area contributed by atoms with E-state index < -0.39 is 5.97 Å². The average molecular weight is 283 g/mol. The maximum Gasteiger partial charge on any atom is 0.355 e. The fraction of sp³-hybridized carbons (Fsp3) is 0.167. The molecule has 0 bridgehead atoms. The highest BCUT2D eigenvalue weighted by Gasteiger charge is 2.11. The fourth-order valence-electron chi connectivity index (χ4n) is 1.48. The number of thiazole rings is 1. The largest absolute Gasteiger partial charge is 0.476 e. The Balaban J connectivity index is 2.11. The molecule has 4 nitrogen and oxygen atoms in total. The predicted octanol–water partition coefficient (Wildman–Crippen LogP) is 3.67. The summed E-state index contributed by atoms with van der Waals surface area (Å²) in [5.41, 5.74) is 1.08. The van der Waals surface area contributed by atoms with E-state index in [0.717, 1.165) is 5.56 Å². The lowest BCUT2D eigenvalue weighted by Crippen LogP contribution is -2.06. The summed E-state index contributed by atoms with van der Waals surface area (Å²) in [6, 6.07) is 7.51. The van der Waals surface area contributed by atoms with Crippen molar-refractivity contribution in [1.82, 2.24) is 4.98 Å². The maximum atomic E-state index is 10.7. The van der Waals surface area contributed by atoms with Crippen LogP contribution >= 0.6 is 22.9 Å². The number of hydrogen-bond acceptors (Lipinski definition) is 4. The second-order valence-electron chi connectivity index (χ2n) is 3.76. The van der Waals surface area contributed by atoms with Crippen molar-refractivity contribution in [3.63, 3.8) is 0 Å². The molecule has 0 aliphatic carbocycles. The third-order valence-electron chi connectivity index (χ3n) is 2.41. The van der Waals surface area contributed by atoms with Crippen LogP contribution in [0.15, 0.2) is 29.6 Å². The van der Waals surface area contributed by atoms with Crippen molar-refractivity contribution >= 4 is 34.0 Å². The number of nitrogens with zero attached hydrogens (tertiary/aromatic N) is 1. The molecule has 0 saturated heterocycles. The monoisotopic (exact) mass is 282 g/mol. The number of carboxylic acid groups (broad SMARTS) is 1. The van der Waals surface area contributed by atoms with Gasteiger partial charge in [0.15, 0.2) is 10.8 Å². The van der Waals surface area contributed by atoms with Crippen molar-refractivity contribution in [1.29, 1.82) is 0 Å². The minimum atomic E-state index is -1.02. The van der Waals surface area contributed by atoms with Crippen LogP contribution in [0.25, 0.3) is 0 Å². The van der Waals surface area contributed by atoms with Crippen LogP contribution in [0.4, 0.5) is 5.13 Å². The number of nitrogens with one attached hydrogen (secondary N) is 1. The molecule has 1 atom stereocenters. The van der Waals surface area contributed by atoms with E-state index in [2.05, 4.69) is 10.3 Å². The fourth-order valence-corrected chi connectivity index (χ4v) is 2.45. The molecule has 0 aliphatic rings. The first kappa shape index (κ1) is 12.9. The number of carbonyl (C=O) groups is 1. The van der Waals surface area contributed by atoms with Gasteiger partial charge in [-0.3, -0.25) is 0 Å². The molecule has 1 aromatic heterocycles. The molecule has 0 fully saturated rings. The number of aromatic carboxylic acids is 1. The van der Waals surface area contributed by atoms with Crippen LogP contribution in [0.5, 0.6) is 0 Å². The second-order valence-corrected chi connectivity index (χ2v) is 5.06. The summed E-state index contributed by atoms with van der Waals surface area (Å²) in [4.78, 5) is 14.7. The minimum Gasteiger partial charge on any atom is -0.476 e. The molecule has 2 aromatic rings. The van der Waals surface area contributed by atoms with Gasteiger partial charge in [0.2, 0.25) is 0 Å². The molecule has 94 valence electrons.